The number of carbonyl (C=O) groups excluding carboxylic acids is 1. The quantitative estimate of drug-likeness (QED) is 0.511. The zero-order valence-electron chi connectivity index (χ0n) is 17.3. The summed E-state index contributed by atoms with van der Waals surface area (Å²) in [5, 5.41) is 8.62. The second-order valence-corrected chi connectivity index (χ2v) is 7.17. The van der Waals surface area contributed by atoms with Gasteiger partial charge in [0.2, 0.25) is 0 Å². The molecule has 0 unspecified atom stereocenters. The van der Waals surface area contributed by atoms with Crippen molar-refractivity contribution in [3.63, 3.8) is 0 Å². The van der Waals surface area contributed by atoms with E-state index in [1.807, 2.05) is 35.6 Å². The Labute approximate surface area is 173 Å². The van der Waals surface area contributed by atoms with Crippen molar-refractivity contribution in [2.24, 2.45) is 5.73 Å². The molecule has 0 aliphatic rings. The maximum atomic E-state index is 12.2. The van der Waals surface area contributed by atoms with Crippen LogP contribution in [0, 0.1) is 6.92 Å². The second-order valence-electron chi connectivity index (χ2n) is 7.17. The third-order valence-electron chi connectivity index (χ3n) is 5.07. The van der Waals surface area contributed by atoms with Gasteiger partial charge < -0.3 is 10.5 Å². The molecule has 8 nitrogen and oxygen atoms in total. The molecule has 8 heteroatoms. The normalized spacial score (nSPS) is 12.3. The number of benzene rings is 1. The molecule has 0 bridgehead atoms. The average Bonchev–Trinajstić information content (AvgIpc) is 3.12. The van der Waals surface area contributed by atoms with E-state index in [0.29, 0.717) is 40.2 Å². The van der Waals surface area contributed by atoms with Gasteiger partial charge >= 0.3 is 0 Å². The number of rotatable bonds is 5. The summed E-state index contributed by atoms with van der Waals surface area (Å²) in [4.78, 5) is 21.2. The fourth-order valence-corrected chi connectivity index (χ4v) is 3.66. The number of hydrogen-bond acceptors (Lipinski definition) is 7. The van der Waals surface area contributed by atoms with E-state index in [4.69, 9.17) is 10.5 Å². The van der Waals surface area contributed by atoms with E-state index < -0.39 is 0 Å². The van der Waals surface area contributed by atoms with Crippen LogP contribution in [0.3, 0.4) is 0 Å². The minimum atomic E-state index is -0.135. The molecule has 0 fully saturated rings. The number of ether oxygens (including phenoxy) is 1. The lowest BCUT2D eigenvalue weighted by Gasteiger charge is -2.14. The molecule has 0 radical (unpaired) electrons. The third kappa shape index (κ3) is 3.26. The zero-order valence-corrected chi connectivity index (χ0v) is 17.3. The van der Waals surface area contributed by atoms with Gasteiger partial charge in [0.05, 0.1) is 36.5 Å². The Balaban J connectivity index is 1.96. The van der Waals surface area contributed by atoms with Crippen molar-refractivity contribution in [2.45, 2.75) is 27.2 Å². The minimum absolute atomic E-state index is 0.135. The van der Waals surface area contributed by atoms with Crippen LogP contribution in [0.5, 0.6) is 5.75 Å². The lowest BCUT2D eigenvalue weighted by atomic mass is 9.99. The Hall–Kier alpha value is -3.81. The van der Waals surface area contributed by atoms with Crippen LogP contribution in [0.25, 0.3) is 22.3 Å². The number of methoxy groups -OCH3 is 1. The molecular weight excluding hydrogens is 380 g/mol. The van der Waals surface area contributed by atoms with Gasteiger partial charge in [-0.15, -0.1) is 10.2 Å². The number of ketones is 1. The Morgan fingerprint density at radius 2 is 2.00 bits per heavy atom. The monoisotopic (exact) mass is 402 g/mol. The van der Waals surface area contributed by atoms with Crippen molar-refractivity contribution in [2.75, 3.05) is 7.11 Å². The van der Waals surface area contributed by atoms with Gasteiger partial charge in [0.15, 0.2) is 11.4 Å². The molecule has 4 aromatic rings. The molecule has 0 saturated carbocycles. The summed E-state index contributed by atoms with van der Waals surface area (Å²) in [6, 6.07) is 7.59. The van der Waals surface area contributed by atoms with Crippen molar-refractivity contribution in [3.8, 4) is 5.75 Å². The van der Waals surface area contributed by atoms with Crippen molar-refractivity contribution in [1.29, 1.82) is 0 Å². The number of nitrogens with zero attached hydrogens (tertiary/aromatic N) is 5. The standard InChI is InChI=1S/C22H22N6O2/c1-12-6-5-7-24-16(12)9-20-26-27-21-11-25-17-8-15(22(13(2)23)14(3)29)19(30-4)10-18(17)28(20)21/h5-8,10-11H,9,23H2,1-4H3. The molecule has 30 heavy (non-hydrogen) atoms. The average molecular weight is 402 g/mol. The van der Waals surface area contributed by atoms with Gasteiger partial charge in [-0.25, -0.2) is 0 Å². The smallest absolute Gasteiger partial charge is 0.179 e. The summed E-state index contributed by atoms with van der Waals surface area (Å²) in [7, 11) is 1.56. The Kier molecular flexibility index (Phi) is 4.91. The fraction of sp³-hybridized carbons (Fsp3) is 0.227. The van der Waals surface area contributed by atoms with Crippen LogP contribution in [-0.2, 0) is 11.2 Å². The first-order valence-electron chi connectivity index (χ1n) is 9.49. The lowest BCUT2D eigenvalue weighted by Crippen LogP contribution is -2.08. The van der Waals surface area contributed by atoms with Crippen LogP contribution < -0.4 is 10.5 Å². The van der Waals surface area contributed by atoms with Crippen molar-refractivity contribution in [1.82, 2.24) is 24.6 Å². The molecule has 0 amide bonds. The molecule has 3 aromatic heterocycles. The molecule has 3 heterocycles. The number of allylic oxidation sites excluding steroid dienone is 2. The maximum Gasteiger partial charge on any atom is 0.179 e. The number of aromatic nitrogens is 5. The first-order valence-corrected chi connectivity index (χ1v) is 9.49. The van der Waals surface area contributed by atoms with E-state index in [2.05, 4.69) is 20.2 Å². The number of nitrogens with two attached hydrogens (primary N) is 1. The predicted molar refractivity (Wildman–Crippen MR) is 114 cm³/mol. The highest BCUT2D eigenvalue weighted by atomic mass is 16.5. The van der Waals surface area contributed by atoms with Gasteiger partial charge in [-0.1, -0.05) is 6.07 Å². The number of carbonyl (C=O) groups is 1. The lowest BCUT2D eigenvalue weighted by molar-refractivity contribution is -0.111. The summed E-state index contributed by atoms with van der Waals surface area (Å²) >= 11 is 0. The van der Waals surface area contributed by atoms with E-state index in [1.54, 1.807) is 26.4 Å². The summed E-state index contributed by atoms with van der Waals surface area (Å²) in [6.07, 6.45) is 3.95. The van der Waals surface area contributed by atoms with E-state index in [9.17, 15) is 4.79 Å². The highest BCUT2D eigenvalue weighted by Gasteiger charge is 2.19. The van der Waals surface area contributed by atoms with Crippen LogP contribution in [0.2, 0.25) is 0 Å². The third-order valence-corrected chi connectivity index (χ3v) is 5.07. The molecule has 152 valence electrons. The predicted octanol–water partition coefficient (Wildman–Crippen LogP) is 2.86. The highest BCUT2D eigenvalue weighted by molar-refractivity contribution is 6.21. The first-order chi connectivity index (χ1) is 14.4. The number of aryl methyl sites for hydroxylation is 1. The van der Waals surface area contributed by atoms with Crippen LogP contribution in [0.4, 0.5) is 0 Å². The summed E-state index contributed by atoms with van der Waals surface area (Å²) in [5.41, 5.74) is 11.5. The van der Waals surface area contributed by atoms with Gasteiger partial charge in [0.25, 0.3) is 0 Å². The van der Waals surface area contributed by atoms with Crippen LogP contribution >= 0.6 is 0 Å². The maximum absolute atomic E-state index is 12.2. The van der Waals surface area contributed by atoms with Crippen molar-refractivity contribution < 1.29 is 9.53 Å². The van der Waals surface area contributed by atoms with Crippen LogP contribution in [-0.4, -0.2) is 37.5 Å². The van der Waals surface area contributed by atoms with Crippen molar-refractivity contribution >= 4 is 28.0 Å². The molecule has 2 N–H and O–H groups in total. The number of hydrogen-bond donors (Lipinski definition) is 1. The molecule has 0 atom stereocenters. The molecule has 0 aliphatic heterocycles. The first kappa shape index (κ1) is 19.5. The van der Waals surface area contributed by atoms with Gasteiger partial charge in [-0.05, 0) is 38.5 Å². The van der Waals surface area contributed by atoms with Crippen molar-refractivity contribution in [3.05, 3.63) is 65.0 Å². The van der Waals surface area contributed by atoms with E-state index in [1.165, 1.54) is 6.92 Å². The minimum Gasteiger partial charge on any atom is -0.496 e. The summed E-state index contributed by atoms with van der Waals surface area (Å²) in [5.74, 6) is 1.14. The number of Topliss-reactive ketones (excluding diaryl/α,β-unsaturated/α-hetero) is 1. The van der Waals surface area contributed by atoms with E-state index in [0.717, 1.165) is 22.6 Å². The van der Waals surface area contributed by atoms with Gasteiger partial charge in [0, 0.05) is 29.1 Å². The Morgan fingerprint density at radius 3 is 2.67 bits per heavy atom. The highest BCUT2D eigenvalue weighted by Crippen LogP contribution is 2.32. The molecule has 0 saturated heterocycles. The molecule has 4 rings (SSSR count). The molecular formula is C22H22N6O2. The van der Waals surface area contributed by atoms with Gasteiger partial charge in [0.1, 0.15) is 11.6 Å². The zero-order chi connectivity index (χ0) is 21.4. The molecule has 1 aromatic carbocycles. The van der Waals surface area contributed by atoms with E-state index >= 15 is 0 Å². The largest absolute Gasteiger partial charge is 0.496 e. The molecule has 0 spiro atoms. The summed E-state index contributed by atoms with van der Waals surface area (Å²) < 4.78 is 7.54. The van der Waals surface area contributed by atoms with Gasteiger partial charge in [-0.2, -0.15) is 0 Å². The Bertz CT molecular complexity index is 1320. The summed E-state index contributed by atoms with van der Waals surface area (Å²) in [6.45, 7) is 5.20. The Morgan fingerprint density at radius 1 is 1.20 bits per heavy atom. The SMILES string of the molecule is COc1cc2c(cc1C(C(C)=O)=C(C)N)ncc1nnc(Cc3ncccc3C)n12. The van der Waals surface area contributed by atoms with E-state index in [-0.39, 0.29) is 5.78 Å². The number of fused-ring (bicyclic) bond motifs is 3. The van der Waals surface area contributed by atoms with Crippen LogP contribution in [0.15, 0.2) is 42.4 Å². The van der Waals surface area contributed by atoms with Gasteiger partial charge in [-0.3, -0.25) is 19.2 Å². The number of pyridine rings is 1. The topological polar surface area (TPSA) is 108 Å². The second kappa shape index (κ2) is 7.55. The fourth-order valence-electron chi connectivity index (χ4n) is 3.66. The van der Waals surface area contributed by atoms with Crippen LogP contribution in [0.1, 0.15) is 36.5 Å². The molecule has 0 aliphatic carbocycles.